The Bertz CT molecular complexity index is 1060. The third-order valence-corrected chi connectivity index (χ3v) is 7.06. The van der Waals surface area contributed by atoms with E-state index >= 15 is 0 Å². The van der Waals surface area contributed by atoms with Gasteiger partial charge in [0.25, 0.3) is 5.56 Å². The van der Waals surface area contributed by atoms with Crippen LogP contribution in [0, 0.1) is 13.8 Å². The molecule has 1 aromatic carbocycles. The van der Waals surface area contributed by atoms with Crippen LogP contribution in [0.2, 0.25) is 0 Å². The van der Waals surface area contributed by atoms with Crippen molar-refractivity contribution in [2.75, 3.05) is 5.75 Å². The lowest BCUT2D eigenvalue weighted by molar-refractivity contribution is 0.102. The molecule has 0 amide bonds. The van der Waals surface area contributed by atoms with E-state index in [1.807, 2.05) is 48.7 Å². The van der Waals surface area contributed by atoms with E-state index in [9.17, 15) is 9.59 Å². The molecule has 1 saturated carbocycles. The van der Waals surface area contributed by atoms with E-state index in [1.54, 1.807) is 11.3 Å². The van der Waals surface area contributed by atoms with Crippen LogP contribution in [0.3, 0.4) is 0 Å². The van der Waals surface area contributed by atoms with Gasteiger partial charge in [0.2, 0.25) is 0 Å². The Morgan fingerprint density at radius 3 is 2.70 bits per heavy atom. The molecule has 1 fully saturated rings. The van der Waals surface area contributed by atoms with Gasteiger partial charge < -0.3 is 0 Å². The SMILES string of the molecule is Cc1cc(C(=O)CSc2nc3ccccc3c(=O)n2C2CCCC2)c(C)s1. The van der Waals surface area contributed by atoms with Crippen LogP contribution in [0.5, 0.6) is 0 Å². The summed E-state index contributed by atoms with van der Waals surface area (Å²) in [4.78, 5) is 32.8. The van der Waals surface area contributed by atoms with Crippen LogP contribution in [0.4, 0.5) is 0 Å². The van der Waals surface area contributed by atoms with E-state index in [1.165, 1.54) is 11.8 Å². The molecule has 0 unspecified atom stereocenters. The second-order valence-corrected chi connectivity index (χ2v) is 9.47. The Hall–Kier alpha value is -1.92. The monoisotopic (exact) mass is 398 g/mol. The number of para-hydroxylation sites is 1. The fourth-order valence-corrected chi connectivity index (χ4v) is 5.72. The molecule has 4 rings (SSSR count). The number of carbonyl (C=O) groups is 1. The molecule has 0 radical (unpaired) electrons. The highest BCUT2D eigenvalue weighted by molar-refractivity contribution is 7.99. The van der Waals surface area contributed by atoms with Gasteiger partial charge in [0.05, 0.1) is 16.7 Å². The number of benzene rings is 1. The summed E-state index contributed by atoms with van der Waals surface area (Å²) in [6, 6.07) is 9.63. The van der Waals surface area contributed by atoms with Crippen molar-refractivity contribution in [3.63, 3.8) is 0 Å². The first-order valence-electron chi connectivity index (χ1n) is 9.29. The molecule has 1 aliphatic carbocycles. The Kier molecular flexibility index (Phi) is 5.19. The second kappa shape index (κ2) is 7.60. The van der Waals surface area contributed by atoms with Crippen molar-refractivity contribution in [2.24, 2.45) is 0 Å². The molecule has 4 nitrogen and oxygen atoms in total. The smallest absolute Gasteiger partial charge is 0.262 e. The number of carbonyl (C=O) groups excluding carboxylic acids is 1. The van der Waals surface area contributed by atoms with E-state index < -0.39 is 0 Å². The lowest BCUT2D eigenvalue weighted by Gasteiger charge is -2.18. The highest BCUT2D eigenvalue weighted by Crippen LogP contribution is 2.32. The fourth-order valence-electron chi connectivity index (χ4n) is 3.83. The first kappa shape index (κ1) is 18.4. The van der Waals surface area contributed by atoms with Crippen LogP contribution in [0.15, 0.2) is 40.3 Å². The summed E-state index contributed by atoms with van der Waals surface area (Å²) in [6.45, 7) is 4.00. The highest BCUT2D eigenvalue weighted by Gasteiger charge is 2.23. The van der Waals surface area contributed by atoms with Gasteiger partial charge in [-0.1, -0.05) is 36.7 Å². The van der Waals surface area contributed by atoms with Crippen LogP contribution in [0.25, 0.3) is 10.9 Å². The number of thioether (sulfide) groups is 1. The minimum Gasteiger partial charge on any atom is -0.293 e. The average Bonchev–Trinajstić information content (AvgIpc) is 3.29. The molecule has 27 heavy (non-hydrogen) atoms. The summed E-state index contributed by atoms with van der Waals surface area (Å²) in [5.41, 5.74) is 1.51. The minimum absolute atomic E-state index is 0.0185. The van der Waals surface area contributed by atoms with Gasteiger partial charge in [0, 0.05) is 21.4 Å². The molecule has 0 saturated heterocycles. The van der Waals surface area contributed by atoms with Crippen molar-refractivity contribution in [1.29, 1.82) is 0 Å². The lowest BCUT2D eigenvalue weighted by Crippen LogP contribution is -2.26. The summed E-state index contributed by atoms with van der Waals surface area (Å²) < 4.78 is 1.85. The number of ketones is 1. The van der Waals surface area contributed by atoms with Crippen molar-refractivity contribution < 1.29 is 4.79 Å². The van der Waals surface area contributed by atoms with Gasteiger partial charge in [-0.25, -0.2) is 4.98 Å². The molecule has 3 aromatic rings. The van der Waals surface area contributed by atoms with Gasteiger partial charge in [-0.15, -0.1) is 11.3 Å². The zero-order chi connectivity index (χ0) is 19.0. The van der Waals surface area contributed by atoms with Crippen molar-refractivity contribution in [2.45, 2.75) is 50.7 Å². The zero-order valence-corrected chi connectivity index (χ0v) is 17.2. The highest BCUT2D eigenvalue weighted by atomic mass is 32.2. The average molecular weight is 399 g/mol. The Morgan fingerprint density at radius 1 is 1.26 bits per heavy atom. The summed E-state index contributed by atoms with van der Waals surface area (Å²) in [7, 11) is 0. The van der Waals surface area contributed by atoms with Crippen molar-refractivity contribution in [1.82, 2.24) is 9.55 Å². The fraction of sp³-hybridized carbons (Fsp3) is 0.381. The number of hydrogen-bond donors (Lipinski definition) is 0. The number of hydrogen-bond acceptors (Lipinski definition) is 5. The molecule has 2 aromatic heterocycles. The van der Waals surface area contributed by atoms with E-state index in [0.717, 1.165) is 41.0 Å². The van der Waals surface area contributed by atoms with Gasteiger partial charge in [-0.2, -0.15) is 0 Å². The molecular weight excluding hydrogens is 376 g/mol. The Labute approximate surface area is 166 Å². The molecule has 0 spiro atoms. The predicted molar refractivity (Wildman–Crippen MR) is 112 cm³/mol. The normalized spacial score (nSPS) is 14.9. The third kappa shape index (κ3) is 3.60. The quantitative estimate of drug-likeness (QED) is 0.338. The van der Waals surface area contributed by atoms with Gasteiger partial charge in [-0.05, 0) is 44.9 Å². The number of fused-ring (bicyclic) bond motifs is 1. The van der Waals surface area contributed by atoms with Crippen LogP contribution >= 0.6 is 23.1 Å². The number of aromatic nitrogens is 2. The van der Waals surface area contributed by atoms with Gasteiger partial charge in [-0.3, -0.25) is 14.2 Å². The Morgan fingerprint density at radius 2 is 2.00 bits per heavy atom. The number of Topliss-reactive ketones (excluding diaryl/α,β-unsaturated/α-hetero) is 1. The van der Waals surface area contributed by atoms with Gasteiger partial charge >= 0.3 is 0 Å². The minimum atomic E-state index is 0.0185. The lowest BCUT2D eigenvalue weighted by atomic mass is 10.2. The first-order valence-corrected chi connectivity index (χ1v) is 11.1. The summed E-state index contributed by atoms with van der Waals surface area (Å²) >= 11 is 3.04. The number of nitrogens with zero attached hydrogens (tertiary/aromatic N) is 2. The summed E-state index contributed by atoms with van der Waals surface area (Å²) in [5.74, 6) is 0.399. The molecule has 1 aliphatic rings. The van der Waals surface area contributed by atoms with E-state index in [2.05, 4.69) is 0 Å². The Balaban J connectivity index is 1.69. The molecule has 6 heteroatoms. The van der Waals surface area contributed by atoms with Gasteiger partial charge in [0.15, 0.2) is 10.9 Å². The standard InChI is InChI=1S/C21H22N2O2S2/c1-13-11-17(14(2)27-13)19(24)12-26-21-22-18-10-6-5-9-16(18)20(25)23(21)15-7-3-4-8-15/h5-6,9-11,15H,3-4,7-8,12H2,1-2H3. The van der Waals surface area contributed by atoms with Crippen LogP contribution < -0.4 is 5.56 Å². The maximum absolute atomic E-state index is 13.1. The molecule has 0 aliphatic heterocycles. The van der Waals surface area contributed by atoms with Crippen LogP contribution in [-0.2, 0) is 0 Å². The summed E-state index contributed by atoms with van der Waals surface area (Å²) in [6.07, 6.45) is 4.29. The van der Waals surface area contributed by atoms with E-state index in [-0.39, 0.29) is 17.4 Å². The maximum atomic E-state index is 13.1. The maximum Gasteiger partial charge on any atom is 0.262 e. The number of aryl methyl sites for hydroxylation is 2. The second-order valence-electron chi connectivity index (χ2n) is 7.06. The topological polar surface area (TPSA) is 52.0 Å². The largest absolute Gasteiger partial charge is 0.293 e. The third-order valence-electron chi connectivity index (χ3n) is 5.14. The first-order chi connectivity index (χ1) is 13.0. The predicted octanol–water partition coefficient (Wildman–Crippen LogP) is 5.16. The molecule has 2 heterocycles. The van der Waals surface area contributed by atoms with Crippen LogP contribution in [0.1, 0.15) is 51.8 Å². The van der Waals surface area contributed by atoms with E-state index in [4.69, 9.17) is 4.98 Å². The van der Waals surface area contributed by atoms with Crippen molar-refractivity contribution in [3.8, 4) is 0 Å². The zero-order valence-electron chi connectivity index (χ0n) is 15.5. The number of thiophene rings is 1. The van der Waals surface area contributed by atoms with Crippen LogP contribution in [-0.4, -0.2) is 21.1 Å². The van der Waals surface area contributed by atoms with Crippen molar-refractivity contribution in [3.05, 3.63) is 56.0 Å². The summed E-state index contributed by atoms with van der Waals surface area (Å²) in [5, 5.41) is 1.33. The molecule has 0 N–H and O–H groups in total. The molecular formula is C21H22N2O2S2. The van der Waals surface area contributed by atoms with Gasteiger partial charge in [0.1, 0.15) is 0 Å². The van der Waals surface area contributed by atoms with Crippen molar-refractivity contribution >= 4 is 39.8 Å². The van der Waals surface area contributed by atoms with E-state index in [0.29, 0.717) is 21.8 Å². The molecule has 0 bridgehead atoms. The molecule has 0 atom stereocenters. The molecule has 140 valence electrons. The number of rotatable bonds is 5.